The summed E-state index contributed by atoms with van der Waals surface area (Å²) in [4.78, 5) is 0. The Bertz CT molecular complexity index is 352. The Morgan fingerprint density at radius 2 is 1.11 bits per heavy atom. The lowest BCUT2D eigenvalue weighted by atomic mass is 9.86. The van der Waals surface area contributed by atoms with Gasteiger partial charge in [-0.15, -0.1) is 5.53 Å². The van der Waals surface area contributed by atoms with Gasteiger partial charge in [-0.05, 0) is 19.3 Å². The summed E-state index contributed by atoms with van der Waals surface area (Å²) in [6.45, 7) is 6.88. The summed E-state index contributed by atoms with van der Waals surface area (Å²) in [6.07, 6.45) is 26.9. The van der Waals surface area contributed by atoms with Crippen LogP contribution in [0, 0.1) is 0 Å². The van der Waals surface area contributed by atoms with Crippen molar-refractivity contribution in [1.82, 2.24) is 16.1 Å². The van der Waals surface area contributed by atoms with Gasteiger partial charge in [0.2, 0.25) is 0 Å². The molecule has 0 unspecified atom stereocenters. The van der Waals surface area contributed by atoms with Crippen molar-refractivity contribution in [2.45, 2.75) is 142 Å². The van der Waals surface area contributed by atoms with Gasteiger partial charge in [-0.2, -0.15) is 5.10 Å². The van der Waals surface area contributed by atoms with E-state index in [4.69, 9.17) is 0 Å². The highest BCUT2D eigenvalue weighted by Gasteiger charge is 2.33. The van der Waals surface area contributed by atoms with Crippen LogP contribution in [-0.2, 0) is 0 Å². The van der Waals surface area contributed by atoms with Gasteiger partial charge in [-0.1, -0.05) is 117 Å². The van der Waals surface area contributed by atoms with Crippen LogP contribution in [0.1, 0.15) is 136 Å². The molecular formula is C23H48N4. The maximum absolute atomic E-state index is 4.09. The standard InChI is InChI=1S/C23H48N4/c1-4-7-8-9-10-11-12-13-14-15-16-17-18-19-20-21-23(5-2,6-3)27-22-24-25-26-27/h22,25-26H,4-21H2,1-3H3. The minimum atomic E-state index is 0.212. The summed E-state index contributed by atoms with van der Waals surface area (Å²) in [6, 6.07) is 0. The molecule has 0 aromatic carbocycles. The van der Waals surface area contributed by atoms with Gasteiger partial charge in [-0.25, -0.2) is 5.53 Å². The van der Waals surface area contributed by atoms with Gasteiger partial charge in [0.25, 0.3) is 0 Å². The molecule has 0 fully saturated rings. The third-order valence-electron chi connectivity index (χ3n) is 6.48. The Morgan fingerprint density at radius 1 is 0.667 bits per heavy atom. The third-order valence-corrected chi connectivity index (χ3v) is 6.48. The molecule has 0 aliphatic carbocycles. The fraction of sp³-hybridized carbons (Fsp3) is 0.957. The van der Waals surface area contributed by atoms with Crippen LogP contribution >= 0.6 is 0 Å². The minimum Gasteiger partial charge on any atom is -0.271 e. The number of hydrazine groups is 2. The van der Waals surface area contributed by atoms with Crippen molar-refractivity contribution in [3.63, 3.8) is 0 Å². The Balaban J connectivity index is 1.90. The largest absolute Gasteiger partial charge is 0.271 e. The fourth-order valence-electron chi connectivity index (χ4n) is 4.33. The number of hydrazone groups is 1. The summed E-state index contributed by atoms with van der Waals surface area (Å²) in [5.41, 5.74) is 6.22. The summed E-state index contributed by atoms with van der Waals surface area (Å²) >= 11 is 0. The predicted octanol–water partition coefficient (Wildman–Crippen LogP) is 7.07. The van der Waals surface area contributed by atoms with Gasteiger partial charge in [0.05, 0.1) is 5.54 Å². The zero-order valence-electron chi connectivity index (χ0n) is 18.7. The highest BCUT2D eigenvalue weighted by atomic mass is 15.8. The quantitative estimate of drug-likeness (QED) is 0.235. The van der Waals surface area contributed by atoms with Crippen molar-refractivity contribution in [2.75, 3.05) is 0 Å². The monoisotopic (exact) mass is 380 g/mol. The van der Waals surface area contributed by atoms with Crippen molar-refractivity contribution in [3.8, 4) is 0 Å². The van der Waals surface area contributed by atoms with Crippen molar-refractivity contribution in [2.24, 2.45) is 5.10 Å². The molecule has 0 atom stereocenters. The molecule has 0 amide bonds. The highest BCUT2D eigenvalue weighted by molar-refractivity contribution is 5.56. The molecule has 4 nitrogen and oxygen atoms in total. The van der Waals surface area contributed by atoms with Gasteiger partial charge in [0.15, 0.2) is 0 Å². The molecule has 0 saturated carbocycles. The molecule has 0 spiro atoms. The first-order valence-electron chi connectivity index (χ1n) is 12.1. The number of hydrogen-bond donors (Lipinski definition) is 2. The van der Waals surface area contributed by atoms with Crippen LogP contribution < -0.4 is 11.1 Å². The Morgan fingerprint density at radius 3 is 1.48 bits per heavy atom. The van der Waals surface area contributed by atoms with Crippen LogP contribution in [0.15, 0.2) is 5.10 Å². The normalized spacial score (nSPS) is 14.1. The first-order valence-corrected chi connectivity index (χ1v) is 12.1. The topological polar surface area (TPSA) is 39.7 Å². The van der Waals surface area contributed by atoms with Crippen molar-refractivity contribution >= 4 is 6.34 Å². The molecule has 0 aromatic rings. The Kier molecular flexibility index (Phi) is 14.6. The van der Waals surface area contributed by atoms with E-state index in [9.17, 15) is 0 Å². The number of nitrogens with zero attached hydrogens (tertiary/aromatic N) is 2. The number of unbranched alkanes of at least 4 members (excludes halogenated alkanes) is 14. The Labute approximate surface area is 169 Å². The predicted molar refractivity (Wildman–Crippen MR) is 119 cm³/mol. The molecule has 1 aliphatic rings. The summed E-state index contributed by atoms with van der Waals surface area (Å²) < 4.78 is 0. The van der Waals surface area contributed by atoms with Crippen LogP contribution in [0.2, 0.25) is 0 Å². The highest BCUT2D eigenvalue weighted by Crippen LogP contribution is 2.29. The number of hydrogen-bond acceptors (Lipinski definition) is 4. The third kappa shape index (κ3) is 10.4. The van der Waals surface area contributed by atoms with Crippen molar-refractivity contribution in [3.05, 3.63) is 0 Å². The number of nitrogens with one attached hydrogen (secondary N) is 2. The lowest BCUT2D eigenvalue weighted by Gasteiger charge is -2.39. The maximum Gasteiger partial charge on any atom is 0.129 e. The molecule has 160 valence electrons. The van der Waals surface area contributed by atoms with E-state index in [0.717, 1.165) is 12.8 Å². The summed E-state index contributed by atoms with van der Waals surface area (Å²) in [5.74, 6) is 0. The van der Waals surface area contributed by atoms with Gasteiger partial charge < -0.3 is 0 Å². The van der Waals surface area contributed by atoms with Crippen LogP contribution in [0.25, 0.3) is 0 Å². The second kappa shape index (κ2) is 16.2. The van der Waals surface area contributed by atoms with E-state index < -0.39 is 0 Å². The second-order valence-electron chi connectivity index (χ2n) is 8.47. The summed E-state index contributed by atoms with van der Waals surface area (Å²) in [7, 11) is 0. The molecule has 0 bridgehead atoms. The minimum absolute atomic E-state index is 0.212. The molecule has 0 aromatic heterocycles. The van der Waals surface area contributed by atoms with E-state index >= 15 is 0 Å². The average molecular weight is 381 g/mol. The van der Waals surface area contributed by atoms with Gasteiger partial charge in [-0.3, -0.25) is 5.01 Å². The van der Waals surface area contributed by atoms with Crippen molar-refractivity contribution in [1.29, 1.82) is 0 Å². The van der Waals surface area contributed by atoms with Gasteiger partial charge >= 0.3 is 0 Å². The van der Waals surface area contributed by atoms with Crippen LogP contribution in [0.5, 0.6) is 0 Å². The van der Waals surface area contributed by atoms with Crippen LogP contribution in [0.4, 0.5) is 0 Å². The molecule has 4 heteroatoms. The molecule has 1 rings (SSSR count). The lowest BCUT2D eigenvalue weighted by Crippen LogP contribution is -2.53. The van der Waals surface area contributed by atoms with E-state index in [1.165, 1.54) is 103 Å². The average Bonchev–Trinajstić information content (AvgIpc) is 3.23. The van der Waals surface area contributed by atoms with E-state index in [1.807, 2.05) is 6.34 Å². The molecule has 2 N–H and O–H groups in total. The lowest BCUT2D eigenvalue weighted by molar-refractivity contribution is 0.0928. The van der Waals surface area contributed by atoms with Gasteiger partial charge in [0, 0.05) is 0 Å². The second-order valence-corrected chi connectivity index (χ2v) is 8.47. The fourth-order valence-corrected chi connectivity index (χ4v) is 4.33. The maximum atomic E-state index is 4.09. The summed E-state index contributed by atoms with van der Waals surface area (Å²) in [5, 5.41) is 6.27. The number of rotatable bonds is 19. The molecule has 0 saturated heterocycles. The van der Waals surface area contributed by atoms with E-state index in [1.54, 1.807) is 0 Å². The smallest absolute Gasteiger partial charge is 0.129 e. The molecule has 1 aliphatic heterocycles. The first kappa shape index (κ1) is 24.3. The van der Waals surface area contributed by atoms with Crippen molar-refractivity contribution < 1.29 is 0 Å². The zero-order valence-corrected chi connectivity index (χ0v) is 18.7. The molecular weight excluding hydrogens is 332 g/mol. The van der Waals surface area contributed by atoms with Crippen LogP contribution in [-0.4, -0.2) is 16.9 Å². The molecule has 0 radical (unpaired) electrons. The van der Waals surface area contributed by atoms with E-state index in [2.05, 4.69) is 42.0 Å². The Hall–Kier alpha value is -0.770. The zero-order chi connectivity index (χ0) is 19.6. The van der Waals surface area contributed by atoms with E-state index in [-0.39, 0.29) is 5.54 Å². The molecule has 1 heterocycles. The molecule has 27 heavy (non-hydrogen) atoms. The first-order chi connectivity index (χ1) is 13.3. The van der Waals surface area contributed by atoms with Gasteiger partial charge in [0.1, 0.15) is 6.34 Å². The van der Waals surface area contributed by atoms with Crippen LogP contribution in [0.3, 0.4) is 0 Å². The SMILES string of the molecule is CCCCCCCCCCCCCCCCCC(CC)(CC)N1C=NNN1. The van der Waals surface area contributed by atoms with E-state index in [0.29, 0.717) is 0 Å².